The summed E-state index contributed by atoms with van der Waals surface area (Å²) < 4.78 is 18.6. The van der Waals surface area contributed by atoms with E-state index in [4.69, 9.17) is 4.74 Å². The largest absolute Gasteiger partial charge is 0.378 e. The Morgan fingerprint density at radius 1 is 1.12 bits per heavy atom. The minimum atomic E-state index is -0.267. The van der Waals surface area contributed by atoms with E-state index in [1.165, 1.54) is 12.1 Å². The molecule has 138 valence electrons. The van der Waals surface area contributed by atoms with Crippen molar-refractivity contribution in [2.24, 2.45) is 0 Å². The Hall–Kier alpha value is -2.40. The summed E-state index contributed by atoms with van der Waals surface area (Å²) in [7, 11) is 1.80. The van der Waals surface area contributed by atoms with Gasteiger partial charge < -0.3 is 14.5 Å². The fourth-order valence-electron chi connectivity index (χ4n) is 3.40. The van der Waals surface area contributed by atoms with Crippen molar-refractivity contribution in [1.82, 2.24) is 4.90 Å². The Morgan fingerprint density at radius 2 is 1.73 bits per heavy atom. The fourth-order valence-corrected chi connectivity index (χ4v) is 3.40. The van der Waals surface area contributed by atoms with E-state index < -0.39 is 0 Å². The first-order valence-corrected chi connectivity index (χ1v) is 9.05. The van der Waals surface area contributed by atoms with Gasteiger partial charge in [0.1, 0.15) is 5.82 Å². The lowest BCUT2D eigenvalue weighted by atomic mass is 10.0. The maximum absolute atomic E-state index is 13.2. The molecule has 0 saturated carbocycles. The van der Waals surface area contributed by atoms with Crippen LogP contribution in [0.2, 0.25) is 0 Å². The molecule has 0 unspecified atom stereocenters. The van der Waals surface area contributed by atoms with Crippen molar-refractivity contribution in [3.63, 3.8) is 0 Å². The molecule has 2 aromatic carbocycles. The van der Waals surface area contributed by atoms with Crippen LogP contribution in [0, 0.1) is 5.82 Å². The van der Waals surface area contributed by atoms with E-state index in [-0.39, 0.29) is 17.8 Å². The first kappa shape index (κ1) is 18.4. The van der Waals surface area contributed by atoms with Gasteiger partial charge in [0.25, 0.3) is 5.91 Å². The molecule has 0 N–H and O–H groups in total. The van der Waals surface area contributed by atoms with Crippen molar-refractivity contribution in [2.75, 3.05) is 38.3 Å². The number of hydrogen-bond donors (Lipinski definition) is 0. The number of rotatable bonds is 5. The molecule has 1 atom stereocenters. The Kier molecular flexibility index (Phi) is 5.89. The number of carbonyl (C=O) groups is 1. The summed E-state index contributed by atoms with van der Waals surface area (Å²) in [6.45, 7) is 5.24. The number of benzene rings is 2. The van der Waals surface area contributed by atoms with Gasteiger partial charge in [-0.05, 0) is 48.4 Å². The number of hydrogen-bond acceptors (Lipinski definition) is 3. The Bertz CT molecular complexity index is 725. The molecule has 0 spiro atoms. The SMILES string of the molecule is CC[C@H](c1ccc(F)cc1)N(C)C(=O)c1ccc(N2CCOCC2)cc1. The highest BCUT2D eigenvalue weighted by Gasteiger charge is 2.21. The van der Waals surface area contributed by atoms with Crippen molar-refractivity contribution in [3.8, 4) is 0 Å². The van der Waals surface area contributed by atoms with Crippen LogP contribution >= 0.6 is 0 Å². The molecule has 0 radical (unpaired) electrons. The minimum Gasteiger partial charge on any atom is -0.378 e. The van der Waals surface area contributed by atoms with Gasteiger partial charge in [0.2, 0.25) is 0 Å². The summed E-state index contributed by atoms with van der Waals surface area (Å²) in [6, 6.07) is 14.0. The topological polar surface area (TPSA) is 32.8 Å². The maximum Gasteiger partial charge on any atom is 0.254 e. The van der Waals surface area contributed by atoms with Gasteiger partial charge in [0, 0.05) is 31.4 Å². The highest BCUT2D eigenvalue weighted by atomic mass is 19.1. The third-order valence-corrected chi connectivity index (χ3v) is 4.92. The molecule has 4 nitrogen and oxygen atoms in total. The zero-order valence-electron chi connectivity index (χ0n) is 15.3. The molecule has 26 heavy (non-hydrogen) atoms. The first-order chi connectivity index (χ1) is 12.6. The Balaban J connectivity index is 1.73. The van der Waals surface area contributed by atoms with E-state index in [2.05, 4.69) is 4.90 Å². The van der Waals surface area contributed by atoms with E-state index in [1.54, 1.807) is 24.1 Å². The zero-order chi connectivity index (χ0) is 18.5. The van der Waals surface area contributed by atoms with Crippen molar-refractivity contribution in [3.05, 3.63) is 65.5 Å². The van der Waals surface area contributed by atoms with Gasteiger partial charge in [0.15, 0.2) is 0 Å². The standard InChI is InChI=1S/C21H25FN2O2/c1-3-20(16-4-8-18(22)9-5-16)23(2)21(25)17-6-10-19(11-7-17)24-12-14-26-15-13-24/h4-11,20H,3,12-15H2,1-2H3/t20-/m1/s1. The quantitative estimate of drug-likeness (QED) is 0.815. The molecule has 0 aromatic heterocycles. The van der Waals surface area contributed by atoms with Crippen LogP contribution in [0.15, 0.2) is 48.5 Å². The number of carbonyl (C=O) groups excluding carboxylic acids is 1. The van der Waals surface area contributed by atoms with Gasteiger partial charge in [-0.15, -0.1) is 0 Å². The number of morpholine rings is 1. The molecule has 0 bridgehead atoms. The maximum atomic E-state index is 13.2. The average Bonchev–Trinajstić information content (AvgIpc) is 2.70. The first-order valence-electron chi connectivity index (χ1n) is 9.05. The monoisotopic (exact) mass is 356 g/mol. The predicted molar refractivity (Wildman–Crippen MR) is 101 cm³/mol. The Labute approximate surface area is 154 Å². The van der Waals surface area contributed by atoms with Crippen LogP contribution in [0.5, 0.6) is 0 Å². The molecular formula is C21H25FN2O2. The molecule has 1 saturated heterocycles. The van der Waals surface area contributed by atoms with Crippen LogP contribution in [0.3, 0.4) is 0 Å². The van der Waals surface area contributed by atoms with Crippen LogP contribution in [0.1, 0.15) is 35.3 Å². The van der Waals surface area contributed by atoms with E-state index >= 15 is 0 Å². The van der Waals surface area contributed by atoms with Crippen LogP contribution < -0.4 is 4.90 Å². The van der Waals surface area contributed by atoms with Crippen LogP contribution in [-0.2, 0) is 4.74 Å². The van der Waals surface area contributed by atoms with Gasteiger partial charge in [-0.1, -0.05) is 19.1 Å². The summed E-state index contributed by atoms with van der Waals surface area (Å²) in [5.41, 5.74) is 2.71. The third-order valence-electron chi connectivity index (χ3n) is 4.92. The Morgan fingerprint density at radius 3 is 2.31 bits per heavy atom. The summed E-state index contributed by atoms with van der Waals surface area (Å²) in [6.07, 6.45) is 0.764. The number of anilines is 1. The number of nitrogens with zero attached hydrogens (tertiary/aromatic N) is 2. The van der Waals surface area contributed by atoms with Gasteiger partial charge in [-0.2, -0.15) is 0 Å². The number of halogens is 1. The summed E-state index contributed by atoms with van der Waals surface area (Å²) in [5, 5.41) is 0. The second kappa shape index (κ2) is 8.32. The highest BCUT2D eigenvalue weighted by molar-refractivity contribution is 5.94. The molecule has 1 amide bonds. The average molecular weight is 356 g/mol. The lowest BCUT2D eigenvalue weighted by Gasteiger charge is -2.30. The zero-order valence-corrected chi connectivity index (χ0v) is 15.3. The lowest BCUT2D eigenvalue weighted by molar-refractivity contribution is 0.0726. The van der Waals surface area contributed by atoms with E-state index in [0.717, 1.165) is 44.0 Å². The lowest BCUT2D eigenvalue weighted by Crippen LogP contribution is -2.36. The van der Waals surface area contributed by atoms with Crippen LogP contribution in [-0.4, -0.2) is 44.2 Å². The number of ether oxygens (including phenoxy) is 1. The molecule has 3 rings (SSSR count). The molecule has 2 aromatic rings. The second-order valence-corrected chi connectivity index (χ2v) is 6.54. The molecule has 1 heterocycles. The minimum absolute atomic E-state index is 0.0327. The molecule has 0 aliphatic carbocycles. The molecule has 1 aliphatic rings. The summed E-state index contributed by atoms with van der Waals surface area (Å²) in [4.78, 5) is 16.9. The fraction of sp³-hybridized carbons (Fsp3) is 0.381. The second-order valence-electron chi connectivity index (χ2n) is 6.54. The molecule has 1 aliphatic heterocycles. The highest BCUT2D eigenvalue weighted by Crippen LogP contribution is 2.25. The van der Waals surface area contributed by atoms with Crippen molar-refractivity contribution in [1.29, 1.82) is 0 Å². The smallest absolute Gasteiger partial charge is 0.254 e. The van der Waals surface area contributed by atoms with E-state index in [1.807, 2.05) is 31.2 Å². The van der Waals surface area contributed by atoms with E-state index in [9.17, 15) is 9.18 Å². The molecular weight excluding hydrogens is 331 g/mol. The van der Waals surface area contributed by atoms with Gasteiger partial charge in [-0.25, -0.2) is 4.39 Å². The normalized spacial score (nSPS) is 15.6. The van der Waals surface area contributed by atoms with Crippen LogP contribution in [0.4, 0.5) is 10.1 Å². The van der Waals surface area contributed by atoms with Crippen LogP contribution in [0.25, 0.3) is 0 Å². The third kappa shape index (κ3) is 4.05. The van der Waals surface area contributed by atoms with Gasteiger partial charge >= 0.3 is 0 Å². The number of amides is 1. The molecule has 1 fully saturated rings. The summed E-state index contributed by atoms with van der Waals surface area (Å²) in [5.74, 6) is -0.300. The van der Waals surface area contributed by atoms with Crippen molar-refractivity contribution in [2.45, 2.75) is 19.4 Å². The van der Waals surface area contributed by atoms with Crippen molar-refractivity contribution >= 4 is 11.6 Å². The summed E-state index contributed by atoms with van der Waals surface area (Å²) >= 11 is 0. The van der Waals surface area contributed by atoms with Crippen molar-refractivity contribution < 1.29 is 13.9 Å². The van der Waals surface area contributed by atoms with E-state index in [0.29, 0.717) is 5.56 Å². The van der Waals surface area contributed by atoms with Gasteiger partial charge in [0.05, 0.1) is 19.3 Å². The predicted octanol–water partition coefficient (Wildman–Crippen LogP) is 3.89. The molecule has 5 heteroatoms. The van der Waals surface area contributed by atoms with Gasteiger partial charge in [-0.3, -0.25) is 4.79 Å².